The Hall–Kier alpha value is -4.36. The maximum Gasteiger partial charge on any atom is 0.0468 e. The van der Waals surface area contributed by atoms with E-state index in [9.17, 15) is 0 Å². The lowest BCUT2D eigenvalue weighted by atomic mass is 9.65. The van der Waals surface area contributed by atoms with E-state index in [0.717, 1.165) is 0 Å². The highest BCUT2D eigenvalue weighted by atomic mass is 15.1. The van der Waals surface area contributed by atoms with Crippen LogP contribution in [-0.2, 0) is 5.41 Å². The van der Waals surface area contributed by atoms with Gasteiger partial charge in [0.05, 0.1) is 0 Å². The van der Waals surface area contributed by atoms with Gasteiger partial charge >= 0.3 is 0 Å². The standard InChI is InChI=1S/C38H33N/c1-3-15-33(16-4-1)38(25-9-2-10-26-38)34-19-23-35(24-20-34)39(36-21-17-29-11-5-7-13-31(29)27-36)37-22-18-30-12-6-8-14-32(30)28-37/h1,3-8,11-24,27-28H,2,9-10,25-26H2. The molecule has 1 saturated carbocycles. The van der Waals surface area contributed by atoms with Gasteiger partial charge in [-0.3, -0.25) is 0 Å². The summed E-state index contributed by atoms with van der Waals surface area (Å²) in [4.78, 5) is 2.40. The number of hydrogen-bond acceptors (Lipinski definition) is 1. The summed E-state index contributed by atoms with van der Waals surface area (Å²) >= 11 is 0. The lowest BCUT2D eigenvalue weighted by Crippen LogP contribution is -2.30. The van der Waals surface area contributed by atoms with Crippen molar-refractivity contribution in [3.63, 3.8) is 0 Å². The average molecular weight is 504 g/mol. The molecule has 0 saturated heterocycles. The van der Waals surface area contributed by atoms with Crippen LogP contribution in [0.3, 0.4) is 0 Å². The summed E-state index contributed by atoms with van der Waals surface area (Å²) in [5.41, 5.74) is 6.53. The van der Waals surface area contributed by atoms with Gasteiger partial charge < -0.3 is 4.90 Å². The van der Waals surface area contributed by atoms with Gasteiger partial charge in [0.1, 0.15) is 0 Å². The van der Waals surface area contributed by atoms with E-state index < -0.39 is 0 Å². The minimum absolute atomic E-state index is 0.106. The SMILES string of the molecule is c1ccc(C2(c3ccc(N(c4ccc5ccccc5c4)c4ccc5ccccc5c4)cc3)CCCCC2)cc1. The number of hydrogen-bond donors (Lipinski definition) is 0. The topological polar surface area (TPSA) is 3.24 Å². The number of benzene rings is 6. The minimum atomic E-state index is 0.106. The van der Waals surface area contributed by atoms with Crippen LogP contribution in [0, 0.1) is 0 Å². The van der Waals surface area contributed by atoms with Crippen molar-refractivity contribution in [2.24, 2.45) is 0 Å². The molecule has 1 heteroatoms. The molecule has 6 aromatic carbocycles. The summed E-state index contributed by atoms with van der Waals surface area (Å²) in [6, 6.07) is 51.4. The zero-order chi connectivity index (χ0) is 26.1. The monoisotopic (exact) mass is 503 g/mol. The van der Waals surface area contributed by atoms with Crippen molar-refractivity contribution >= 4 is 38.6 Å². The first-order chi connectivity index (χ1) is 19.3. The average Bonchev–Trinajstić information content (AvgIpc) is 3.02. The zero-order valence-corrected chi connectivity index (χ0v) is 22.3. The molecule has 1 nitrogen and oxygen atoms in total. The molecule has 0 radical (unpaired) electrons. The van der Waals surface area contributed by atoms with Crippen molar-refractivity contribution in [3.8, 4) is 0 Å². The smallest absolute Gasteiger partial charge is 0.0468 e. The minimum Gasteiger partial charge on any atom is -0.310 e. The van der Waals surface area contributed by atoms with Crippen molar-refractivity contribution in [1.29, 1.82) is 0 Å². The Balaban J connectivity index is 1.35. The van der Waals surface area contributed by atoms with Crippen LogP contribution in [0.2, 0.25) is 0 Å². The van der Waals surface area contributed by atoms with Crippen LogP contribution in [0.15, 0.2) is 140 Å². The van der Waals surface area contributed by atoms with Gasteiger partial charge in [-0.1, -0.05) is 122 Å². The number of rotatable bonds is 5. The second-order valence-corrected chi connectivity index (χ2v) is 11.0. The third-order valence-electron chi connectivity index (χ3n) is 8.69. The number of nitrogens with zero attached hydrogens (tertiary/aromatic N) is 1. The lowest BCUT2D eigenvalue weighted by molar-refractivity contribution is 0.346. The van der Waals surface area contributed by atoms with Gasteiger partial charge in [-0.05, 0) is 81.9 Å². The first-order valence-electron chi connectivity index (χ1n) is 14.2. The molecule has 39 heavy (non-hydrogen) atoms. The fourth-order valence-electron chi connectivity index (χ4n) is 6.66. The molecule has 0 aliphatic heterocycles. The molecule has 1 aliphatic rings. The Morgan fingerprint density at radius 1 is 0.385 bits per heavy atom. The largest absolute Gasteiger partial charge is 0.310 e. The Labute approximate surface area is 231 Å². The molecule has 0 bridgehead atoms. The second-order valence-electron chi connectivity index (χ2n) is 11.0. The van der Waals surface area contributed by atoms with E-state index in [4.69, 9.17) is 0 Å². The highest BCUT2D eigenvalue weighted by Crippen LogP contribution is 2.46. The highest BCUT2D eigenvalue weighted by Gasteiger charge is 2.35. The fraction of sp³-hybridized carbons (Fsp3) is 0.158. The molecule has 1 fully saturated rings. The van der Waals surface area contributed by atoms with Crippen LogP contribution in [0.4, 0.5) is 17.1 Å². The summed E-state index contributed by atoms with van der Waals surface area (Å²) in [7, 11) is 0. The van der Waals surface area contributed by atoms with Gasteiger partial charge in [-0.25, -0.2) is 0 Å². The van der Waals surface area contributed by atoms with E-state index in [1.807, 2.05) is 0 Å². The molecule has 1 aliphatic carbocycles. The van der Waals surface area contributed by atoms with E-state index in [2.05, 4.69) is 144 Å². The van der Waals surface area contributed by atoms with E-state index in [1.54, 1.807) is 0 Å². The predicted octanol–water partition coefficient (Wildman–Crippen LogP) is 10.7. The summed E-state index contributed by atoms with van der Waals surface area (Å²) in [6.07, 6.45) is 6.35. The number of fused-ring (bicyclic) bond motifs is 2. The Kier molecular flexibility index (Phi) is 6.13. The van der Waals surface area contributed by atoms with E-state index in [1.165, 1.54) is 81.8 Å². The zero-order valence-electron chi connectivity index (χ0n) is 22.3. The molecule has 0 aromatic heterocycles. The molecule has 0 unspecified atom stereocenters. The van der Waals surface area contributed by atoms with Crippen LogP contribution < -0.4 is 4.90 Å². The van der Waals surface area contributed by atoms with Crippen molar-refractivity contribution in [2.75, 3.05) is 4.90 Å². The van der Waals surface area contributed by atoms with Gasteiger partial charge in [0.25, 0.3) is 0 Å². The third-order valence-corrected chi connectivity index (χ3v) is 8.69. The maximum atomic E-state index is 2.40. The van der Waals surface area contributed by atoms with Crippen molar-refractivity contribution in [2.45, 2.75) is 37.5 Å². The van der Waals surface area contributed by atoms with E-state index in [0.29, 0.717) is 0 Å². The normalized spacial score (nSPS) is 14.9. The maximum absolute atomic E-state index is 2.40. The molecule has 190 valence electrons. The number of anilines is 3. The quantitative estimate of drug-likeness (QED) is 0.226. The van der Waals surface area contributed by atoms with Crippen molar-refractivity contribution in [3.05, 3.63) is 151 Å². The summed E-state index contributed by atoms with van der Waals surface area (Å²) in [5.74, 6) is 0. The van der Waals surface area contributed by atoms with Crippen LogP contribution in [-0.4, -0.2) is 0 Å². The summed E-state index contributed by atoms with van der Waals surface area (Å²) in [5, 5.41) is 5.03. The summed E-state index contributed by atoms with van der Waals surface area (Å²) < 4.78 is 0. The van der Waals surface area contributed by atoms with Crippen LogP contribution in [0.25, 0.3) is 21.5 Å². The Morgan fingerprint density at radius 2 is 0.846 bits per heavy atom. The fourth-order valence-corrected chi connectivity index (χ4v) is 6.66. The van der Waals surface area contributed by atoms with Crippen LogP contribution in [0.1, 0.15) is 43.2 Å². The Bertz CT molecular complexity index is 1650. The third kappa shape index (κ3) is 4.38. The van der Waals surface area contributed by atoms with Gasteiger partial charge in [-0.15, -0.1) is 0 Å². The van der Waals surface area contributed by atoms with Gasteiger partial charge in [-0.2, -0.15) is 0 Å². The lowest BCUT2D eigenvalue weighted by Gasteiger charge is -2.39. The molecule has 0 amide bonds. The molecule has 7 rings (SSSR count). The molecule has 0 N–H and O–H groups in total. The van der Waals surface area contributed by atoms with Gasteiger partial charge in [0, 0.05) is 22.5 Å². The van der Waals surface area contributed by atoms with Gasteiger partial charge in [0.2, 0.25) is 0 Å². The van der Waals surface area contributed by atoms with E-state index in [-0.39, 0.29) is 5.41 Å². The molecule has 0 atom stereocenters. The Morgan fingerprint density at radius 3 is 1.41 bits per heavy atom. The van der Waals surface area contributed by atoms with Crippen molar-refractivity contribution in [1.82, 2.24) is 0 Å². The van der Waals surface area contributed by atoms with E-state index >= 15 is 0 Å². The summed E-state index contributed by atoms with van der Waals surface area (Å²) in [6.45, 7) is 0. The second kappa shape index (κ2) is 10.1. The molecular formula is C38H33N. The highest BCUT2D eigenvalue weighted by molar-refractivity contribution is 5.92. The molecule has 0 heterocycles. The first kappa shape index (κ1) is 23.7. The molecular weight excluding hydrogens is 470 g/mol. The van der Waals surface area contributed by atoms with Crippen molar-refractivity contribution < 1.29 is 0 Å². The van der Waals surface area contributed by atoms with Crippen LogP contribution >= 0.6 is 0 Å². The molecule has 6 aromatic rings. The molecule has 0 spiro atoms. The van der Waals surface area contributed by atoms with Crippen LogP contribution in [0.5, 0.6) is 0 Å². The predicted molar refractivity (Wildman–Crippen MR) is 166 cm³/mol. The van der Waals surface area contributed by atoms with Gasteiger partial charge in [0.15, 0.2) is 0 Å². The first-order valence-corrected chi connectivity index (χ1v) is 14.2.